The number of carbonyl (C=O) groups is 1. The summed E-state index contributed by atoms with van der Waals surface area (Å²) in [5.41, 5.74) is 0.866. The highest BCUT2D eigenvalue weighted by atomic mass is 19.4. The highest BCUT2D eigenvalue weighted by Crippen LogP contribution is 2.29. The smallest absolute Gasteiger partial charge is 0.368 e. The molecule has 2 aromatic heterocycles. The van der Waals surface area contributed by atoms with Crippen molar-refractivity contribution in [2.75, 3.05) is 19.7 Å². The number of rotatable bonds is 2. The molecule has 0 saturated carbocycles. The Morgan fingerprint density at radius 1 is 1.25 bits per heavy atom. The quantitative estimate of drug-likeness (QED) is 0.672. The van der Waals surface area contributed by atoms with E-state index < -0.39 is 17.8 Å². The fourth-order valence-corrected chi connectivity index (χ4v) is 3.19. The van der Waals surface area contributed by atoms with Crippen molar-refractivity contribution in [3.63, 3.8) is 0 Å². The number of carbonyl (C=O) groups excluding carboxylic acids is 1. The van der Waals surface area contributed by atoms with E-state index in [4.69, 9.17) is 4.74 Å². The molecule has 1 aliphatic heterocycles. The summed E-state index contributed by atoms with van der Waals surface area (Å²) in [7, 11) is 0. The van der Waals surface area contributed by atoms with Crippen molar-refractivity contribution >= 4 is 11.7 Å². The fraction of sp³-hybridized carbons (Fsp3) is 0.333. The summed E-state index contributed by atoms with van der Waals surface area (Å²) in [4.78, 5) is 22.7. The first-order chi connectivity index (χ1) is 13.3. The van der Waals surface area contributed by atoms with E-state index in [9.17, 15) is 18.0 Å². The lowest BCUT2D eigenvalue weighted by Gasteiger charge is -2.33. The Morgan fingerprint density at radius 2 is 2.00 bits per heavy atom. The number of alkyl halides is 3. The van der Waals surface area contributed by atoms with Crippen LogP contribution in [0.3, 0.4) is 0 Å². The summed E-state index contributed by atoms with van der Waals surface area (Å²) in [5, 5.41) is 4.15. The van der Waals surface area contributed by atoms with Gasteiger partial charge < -0.3 is 9.64 Å². The molecule has 7 nitrogen and oxygen atoms in total. The van der Waals surface area contributed by atoms with Crippen LogP contribution in [0.4, 0.5) is 13.2 Å². The molecule has 0 radical (unpaired) electrons. The van der Waals surface area contributed by atoms with Gasteiger partial charge in [-0.2, -0.15) is 27.8 Å². The maximum atomic E-state index is 12.8. The second-order valence-corrected chi connectivity index (χ2v) is 6.48. The zero-order chi connectivity index (χ0) is 19.9. The molecule has 0 N–H and O–H groups in total. The van der Waals surface area contributed by atoms with Gasteiger partial charge in [-0.25, -0.2) is 4.98 Å². The Bertz CT molecular complexity index is 1020. The number of hydrogen-bond donors (Lipinski definition) is 0. The third-order valence-electron chi connectivity index (χ3n) is 4.55. The van der Waals surface area contributed by atoms with Crippen molar-refractivity contribution in [1.29, 1.82) is 0 Å². The van der Waals surface area contributed by atoms with E-state index in [1.54, 1.807) is 9.42 Å². The van der Waals surface area contributed by atoms with Gasteiger partial charge in [0.25, 0.3) is 11.7 Å². The number of fused-ring (bicyclic) bond motifs is 1. The zero-order valence-electron chi connectivity index (χ0n) is 14.8. The first-order valence-electron chi connectivity index (χ1n) is 8.58. The highest BCUT2D eigenvalue weighted by Gasteiger charge is 2.31. The van der Waals surface area contributed by atoms with E-state index in [1.165, 1.54) is 18.5 Å². The molecular formula is C18H16F3N5O2. The monoisotopic (exact) mass is 391 g/mol. The van der Waals surface area contributed by atoms with Gasteiger partial charge in [0.1, 0.15) is 12.4 Å². The van der Waals surface area contributed by atoms with Gasteiger partial charge in [0.2, 0.25) is 0 Å². The van der Waals surface area contributed by atoms with Gasteiger partial charge in [-0.3, -0.25) is 4.79 Å². The molecule has 4 rings (SSSR count). The first kappa shape index (κ1) is 18.4. The average molecular weight is 391 g/mol. The maximum Gasteiger partial charge on any atom is 0.416 e. The third kappa shape index (κ3) is 3.42. The first-order valence-corrected chi connectivity index (χ1v) is 8.58. The van der Waals surface area contributed by atoms with E-state index in [0.29, 0.717) is 24.6 Å². The molecule has 0 spiro atoms. The van der Waals surface area contributed by atoms with Crippen LogP contribution in [0.15, 0.2) is 36.7 Å². The molecule has 1 aliphatic rings. The van der Waals surface area contributed by atoms with Crippen molar-refractivity contribution in [1.82, 2.24) is 24.5 Å². The molecule has 1 saturated heterocycles. The number of morpholine rings is 1. The van der Waals surface area contributed by atoms with Crippen LogP contribution in [-0.2, 0) is 10.9 Å². The molecule has 1 atom stereocenters. The minimum atomic E-state index is -4.44. The van der Waals surface area contributed by atoms with E-state index in [1.807, 2.05) is 13.0 Å². The summed E-state index contributed by atoms with van der Waals surface area (Å²) in [6.45, 7) is 2.72. The van der Waals surface area contributed by atoms with Crippen molar-refractivity contribution in [2.24, 2.45) is 0 Å². The van der Waals surface area contributed by atoms with Crippen LogP contribution in [0.25, 0.3) is 5.78 Å². The van der Waals surface area contributed by atoms with Crippen LogP contribution in [0.5, 0.6) is 0 Å². The number of halogens is 3. The van der Waals surface area contributed by atoms with Crippen LogP contribution in [0, 0.1) is 6.92 Å². The van der Waals surface area contributed by atoms with E-state index in [2.05, 4.69) is 15.1 Å². The van der Waals surface area contributed by atoms with Gasteiger partial charge in [-0.05, 0) is 37.3 Å². The molecule has 3 heterocycles. The molecule has 3 aromatic rings. The lowest BCUT2D eigenvalue weighted by molar-refractivity contribution is -0.137. The molecule has 0 aliphatic carbocycles. The Kier molecular flexibility index (Phi) is 4.50. The lowest BCUT2D eigenvalue weighted by Crippen LogP contribution is -2.42. The number of aromatic nitrogens is 4. The minimum absolute atomic E-state index is 0.200. The molecule has 146 valence electrons. The average Bonchev–Trinajstić information content (AvgIpc) is 3.14. The lowest BCUT2D eigenvalue weighted by atomic mass is 10.1. The number of amides is 1. The summed E-state index contributed by atoms with van der Waals surface area (Å²) in [6.07, 6.45) is -3.49. The summed E-state index contributed by atoms with van der Waals surface area (Å²) < 4.78 is 45.5. The molecule has 0 bridgehead atoms. The topological polar surface area (TPSA) is 72.6 Å². The second-order valence-electron chi connectivity index (χ2n) is 6.48. The molecule has 1 aromatic carbocycles. The predicted octanol–water partition coefficient (Wildman–Crippen LogP) is 2.67. The maximum absolute atomic E-state index is 12.8. The number of nitrogens with zero attached hydrogens (tertiary/aromatic N) is 5. The van der Waals surface area contributed by atoms with Crippen LogP contribution >= 0.6 is 0 Å². The number of ether oxygens (including phenoxy) is 1. The van der Waals surface area contributed by atoms with Gasteiger partial charge in [0.15, 0.2) is 0 Å². The van der Waals surface area contributed by atoms with Crippen LogP contribution in [0.1, 0.15) is 33.4 Å². The van der Waals surface area contributed by atoms with Crippen molar-refractivity contribution in [2.45, 2.75) is 19.2 Å². The molecule has 1 fully saturated rings. The minimum Gasteiger partial charge on any atom is -0.368 e. The number of benzene rings is 1. The van der Waals surface area contributed by atoms with Crippen molar-refractivity contribution < 1.29 is 22.7 Å². The summed E-state index contributed by atoms with van der Waals surface area (Å²) in [5.74, 6) is 0.0902. The van der Waals surface area contributed by atoms with Crippen LogP contribution in [0.2, 0.25) is 0 Å². The fourth-order valence-electron chi connectivity index (χ4n) is 3.19. The van der Waals surface area contributed by atoms with E-state index in [0.717, 1.165) is 17.8 Å². The molecular weight excluding hydrogens is 375 g/mol. The van der Waals surface area contributed by atoms with Crippen LogP contribution < -0.4 is 0 Å². The van der Waals surface area contributed by atoms with E-state index >= 15 is 0 Å². The Hall–Kier alpha value is -3.01. The van der Waals surface area contributed by atoms with E-state index in [-0.39, 0.29) is 18.0 Å². The number of hydrogen-bond acceptors (Lipinski definition) is 5. The Morgan fingerprint density at radius 3 is 2.71 bits per heavy atom. The molecule has 1 amide bonds. The summed E-state index contributed by atoms with van der Waals surface area (Å²) >= 11 is 0. The number of aryl methyl sites for hydroxylation is 1. The predicted molar refractivity (Wildman–Crippen MR) is 91.6 cm³/mol. The van der Waals surface area contributed by atoms with Gasteiger partial charge in [-0.15, -0.1) is 0 Å². The molecule has 10 heteroatoms. The largest absolute Gasteiger partial charge is 0.416 e. The standard InChI is InChI=1S/C18H16F3N5O2/c1-11-8-14(26-17(24-11)22-10-23-26)15-9-25(6-7-28-15)16(27)12-2-4-13(5-3-12)18(19,20)21/h2-5,8,10,15H,6-7,9H2,1H3. The second kappa shape index (κ2) is 6.86. The van der Waals surface area contributed by atoms with Crippen molar-refractivity contribution in [3.05, 3.63) is 59.2 Å². The molecule has 28 heavy (non-hydrogen) atoms. The van der Waals surface area contributed by atoms with Gasteiger partial charge in [0, 0.05) is 17.8 Å². The molecule has 1 unspecified atom stereocenters. The van der Waals surface area contributed by atoms with Gasteiger partial charge in [0.05, 0.1) is 24.4 Å². The normalized spacial score (nSPS) is 17.9. The highest BCUT2D eigenvalue weighted by molar-refractivity contribution is 5.94. The van der Waals surface area contributed by atoms with Crippen molar-refractivity contribution in [3.8, 4) is 0 Å². The van der Waals surface area contributed by atoms with Gasteiger partial charge in [-0.1, -0.05) is 0 Å². The van der Waals surface area contributed by atoms with Crippen LogP contribution in [-0.4, -0.2) is 50.1 Å². The third-order valence-corrected chi connectivity index (χ3v) is 4.55. The Labute approximate surface area is 157 Å². The zero-order valence-corrected chi connectivity index (χ0v) is 14.8. The SMILES string of the molecule is Cc1cc(C2CN(C(=O)c3ccc(C(F)(F)F)cc3)CCO2)n2ncnc2n1. The summed E-state index contributed by atoms with van der Waals surface area (Å²) in [6, 6.07) is 6.04. The van der Waals surface area contributed by atoms with Gasteiger partial charge >= 0.3 is 6.18 Å². The Balaban J connectivity index is 1.56.